The highest BCUT2D eigenvalue weighted by molar-refractivity contribution is 5.86. The Kier molecular flexibility index (Phi) is 3.74. The van der Waals surface area contributed by atoms with E-state index < -0.39 is 0 Å². The molecule has 6 heterocycles. The highest BCUT2D eigenvalue weighted by Gasteiger charge is 2.55. The van der Waals surface area contributed by atoms with E-state index in [1.54, 1.807) is 0 Å². The van der Waals surface area contributed by atoms with Gasteiger partial charge in [-0.25, -0.2) is 9.97 Å². The minimum atomic E-state index is 0.0618. The van der Waals surface area contributed by atoms with Gasteiger partial charge in [0, 0.05) is 63.7 Å². The minimum Gasteiger partial charge on any atom is -0.365 e. The average Bonchev–Trinajstić information content (AvgIpc) is 2.91. The van der Waals surface area contributed by atoms with Crippen molar-refractivity contribution in [1.29, 1.82) is 0 Å². The molecule has 1 N–H and O–H groups in total. The van der Waals surface area contributed by atoms with Gasteiger partial charge in [-0.15, -0.1) is 0 Å². The van der Waals surface area contributed by atoms with Crippen LogP contribution in [0.2, 0.25) is 0 Å². The molecule has 4 aliphatic heterocycles. The fraction of sp³-hybridized carbons (Fsp3) is 0.500. The Morgan fingerprint density at radius 3 is 2.48 bits per heavy atom. The number of rotatable bonds is 3. The van der Waals surface area contributed by atoms with E-state index in [1.165, 1.54) is 18.7 Å². The molecule has 7 nitrogen and oxygen atoms in total. The first-order valence-electron chi connectivity index (χ1n) is 10.6. The van der Waals surface area contributed by atoms with Crippen LogP contribution in [0.1, 0.15) is 11.4 Å². The third kappa shape index (κ3) is 2.60. The molecule has 7 rings (SSSR count). The second-order valence-electron chi connectivity index (χ2n) is 9.00. The maximum atomic E-state index is 4.81. The Morgan fingerprint density at radius 1 is 1.03 bits per heavy atom. The molecule has 0 amide bonds. The largest absolute Gasteiger partial charge is 0.365 e. The van der Waals surface area contributed by atoms with Crippen molar-refractivity contribution in [2.75, 3.05) is 44.6 Å². The van der Waals surface area contributed by atoms with E-state index in [1.807, 2.05) is 24.9 Å². The zero-order chi connectivity index (χ0) is 19.6. The maximum Gasteiger partial charge on any atom is 0.163 e. The summed E-state index contributed by atoms with van der Waals surface area (Å²) in [6, 6.07) is 11.4. The lowest BCUT2D eigenvalue weighted by Gasteiger charge is -2.56. The van der Waals surface area contributed by atoms with Crippen LogP contribution in [0, 0.1) is 12.8 Å². The molecule has 4 aliphatic rings. The average molecular weight is 390 g/mol. The first-order valence-corrected chi connectivity index (χ1v) is 10.6. The zero-order valence-electron chi connectivity index (χ0n) is 17.0. The van der Waals surface area contributed by atoms with Crippen molar-refractivity contribution >= 4 is 16.9 Å². The number of benzene rings is 1. The lowest BCUT2D eigenvalue weighted by atomic mass is 9.64. The molecule has 2 aromatic heterocycles. The third-order valence-electron chi connectivity index (χ3n) is 7.14. The summed E-state index contributed by atoms with van der Waals surface area (Å²) in [5, 5.41) is 9.37. The molecule has 150 valence electrons. The Bertz CT molecular complexity index is 1040. The van der Waals surface area contributed by atoms with Crippen LogP contribution in [0.25, 0.3) is 11.0 Å². The summed E-state index contributed by atoms with van der Waals surface area (Å²) >= 11 is 0. The lowest BCUT2D eigenvalue weighted by Crippen LogP contribution is -2.68. The number of hydrogen-bond donors (Lipinski definition) is 1. The second-order valence-corrected chi connectivity index (χ2v) is 9.00. The standard InChI is InChI=1S/C22H27N7/c1-15-24-20(18-10-23-27(2)21(18)25-15)26-19-16-11-28-8-9-29(12-16)14-22(19,13-28)17-6-4-3-5-7-17/h3-7,10,16,19H,8-9,11-14H2,1-2H3,(H,24,25,26). The highest BCUT2D eigenvalue weighted by Crippen LogP contribution is 2.44. The van der Waals surface area contributed by atoms with Crippen LogP contribution in [0.3, 0.4) is 0 Å². The van der Waals surface area contributed by atoms with Gasteiger partial charge in [0.15, 0.2) is 5.65 Å². The van der Waals surface area contributed by atoms with E-state index in [4.69, 9.17) is 4.98 Å². The van der Waals surface area contributed by atoms with E-state index in [2.05, 4.69) is 55.5 Å². The van der Waals surface area contributed by atoms with Gasteiger partial charge in [0.1, 0.15) is 11.6 Å². The van der Waals surface area contributed by atoms with E-state index in [0.29, 0.717) is 12.0 Å². The summed E-state index contributed by atoms with van der Waals surface area (Å²) in [5.41, 5.74) is 2.39. The van der Waals surface area contributed by atoms with Crippen LogP contribution in [-0.2, 0) is 12.5 Å². The first-order chi connectivity index (χ1) is 14.1. The number of aromatic nitrogens is 4. The van der Waals surface area contributed by atoms with Gasteiger partial charge < -0.3 is 15.1 Å². The van der Waals surface area contributed by atoms with Crippen LogP contribution in [0.4, 0.5) is 5.82 Å². The van der Waals surface area contributed by atoms with Crippen LogP contribution >= 0.6 is 0 Å². The second kappa shape index (κ2) is 6.24. The van der Waals surface area contributed by atoms with E-state index in [-0.39, 0.29) is 5.41 Å². The van der Waals surface area contributed by atoms with Crippen molar-refractivity contribution in [3.63, 3.8) is 0 Å². The number of fused-ring (bicyclic) bond motifs is 2. The molecule has 3 unspecified atom stereocenters. The SMILES string of the molecule is Cc1nc(NC2C3CN4CCN(C3)CC2(c2ccccc2)C4)c2cnn(C)c2n1. The van der Waals surface area contributed by atoms with Gasteiger partial charge >= 0.3 is 0 Å². The molecule has 4 saturated heterocycles. The van der Waals surface area contributed by atoms with E-state index in [9.17, 15) is 0 Å². The highest BCUT2D eigenvalue weighted by atomic mass is 15.3. The van der Waals surface area contributed by atoms with Gasteiger partial charge in [-0.3, -0.25) is 4.68 Å². The monoisotopic (exact) mass is 389 g/mol. The number of anilines is 1. The summed E-state index contributed by atoms with van der Waals surface area (Å²) in [6.45, 7) is 8.83. The first kappa shape index (κ1) is 17.4. The summed E-state index contributed by atoms with van der Waals surface area (Å²) in [6.07, 6.45) is 1.89. The van der Waals surface area contributed by atoms with Crippen molar-refractivity contribution < 1.29 is 0 Å². The topological polar surface area (TPSA) is 62.1 Å². The molecule has 4 bridgehead atoms. The Morgan fingerprint density at radius 2 is 1.76 bits per heavy atom. The third-order valence-corrected chi connectivity index (χ3v) is 7.14. The van der Waals surface area contributed by atoms with Gasteiger partial charge in [-0.2, -0.15) is 5.10 Å². The van der Waals surface area contributed by atoms with Gasteiger partial charge in [0.2, 0.25) is 0 Å². The van der Waals surface area contributed by atoms with Gasteiger partial charge in [0.25, 0.3) is 0 Å². The predicted octanol–water partition coefficient (Wildman–Crippen LogP) is 1.65. The zero-order valence-corrected chi connectivity index (χ0v) is 17.0. The molecule has 4 fully saturated rings. The van der Waals surface area contributed by atoms with Crippen molar-refractivity contribution in [3.05, 3.63) is 47.9 Å². The number of nitrogens with one attached hydrogen (secondary N) is 1. The van der Waals surface area contributed by atoms with Crippen LogP contribution in [-0.4, -0.2) is 74.9 Å². The molecular weight excluding hydrogens is 362 g/mol. The van der Waals surface area contributed by atoms with Crippen molar-refractivity contribution in [2.45, 2.75) is 18.4 Å². The number of hydrogen-bond acceptors (Lipinski definition) is 6. The van der Waals surface area contributed by atoms with E-state index in [0.717, 1.165) is 48.9 Å². The molecular formula is C22H27N7. The van der Waals surface area contributed by atoms with Crippen LogP contribution < -0.4 is 5.32 Å². The molecule has 0 spiro atoms. The quantitative estimate of drug-likeness (QED) is 0.735. The number of aryl methyl sites for hydroxylation is 2. The maximum absolute atomic E-state index is 4.81. The number of nitrogens with zero attached hydrogens (tertiary/aromatic N) is 6. The fourth-order valence-corrected chi connectivity index (χ4v) is 5.96. The molecule has 0 radical (unpaired) electrons. The van der Waals surface area contributed by atoms with Gasteiger partial charge in [0.05, 0.1) is 11.6 Å². The molecule has 29 heavy (non-hydrogen) atoms. The van der Waals surface area contributed by atoms with E-state index >= 15 is 0 Å². The lowest BCUT2D eigenvalue weighted by molar-refractivity contribution is 0.0438. The summed E-state index contributed by atoms with van der Waals surface area (Å²) in [4.78, 5) is 14.8. The fourth-order valence-electron chi connectivity index (χ4n) is 5.96. The summed E-state index contributed by atoms with van der Waals surface area (Å²) < 4.78 is 1.83. The molecule has 1 aromatic carbocycles. The summed E-state index contributed by atoms with van der Waals surface area (Å²) in [5.74, 6) is 2.28. The smallest absolute Gasteiger partial charge is 0.163 e. The predicted molar refractivity (Wildman–Crippen MR) is 113 cm³/mol. The van der Waals surface area contributed by atoms with Crippen LogP contribution in [0.5, 0.6) is 0 Å². The minimum absolute atomic E-state index is 0.0618. The number of piperidine rings is 2. The Hall–Kier alpha value is -2.51. The van der Waals surface area contributed by atoms with Crippen molar-refractivity contribution in [3.8, 4) is 0 Å². The van der Waals surface area contributed by atoms with Crippen LogP contribution in [0.15, 0.2) is 36.5 Å². The molecule has 3 aromatic rings. The molecule has 3 atom stereocenters. The Labute approximate surface area is 170 Å². The Balaban J connectivity index is 1.48. The molecule has 0 aliphatic carbocycles. The normalized spacial score (nSPS) is 33.2. The molecule has 0 saturated carbocycles. The van der Waals surface area contributed by atoms with Gasteiger partial charge in [-0.1, -0.05) is 30.3 Å². The van der Waals surface area contributed by atoms with Gasteiger partial charge in [-0.05, 0) is 12.5 Å². The van der Waals surface area contributed by atoms with Crippen molar-refractivity contribution in [2.24, 2.45) is 13.0 Å². The molecule has 7 heteroatoms. The van der Waals surface area contributed by atoms with Crippen molar-refractivity contribution in [1.82, 2.24) is 29.5 Å². The summed E-state index contributed by atoms with van der Waals surface area (Å²) in [7, 11) is 1.94.